The maximum atomic E-state index is 12.4. The Bertz CT molecular complexity index is 825. The number of hydrazine groups is 1. The lowest BCUT2D eigenvalue weighted by atomic mass is 10.2. The third-order valence-electron chi connectivity index (χ3n) is 3.25. The Morgan fingerprint density at radius 3 is 2.23 bits per heavy atom. The summed E-state index contributed by atoms with van der Waals surface area (Å²) in [5, 5.41) is 0. The van der Waals surface area contributed by atoms with Crippen molar-refractivity contribution >= 4 is 43.7 Å². The summed E-state index contributed by atoms with van der Waals surface area (Å²) in [5.74, 6) is 0.100. The Balaban J connectivity index is 2.10. The number of hydrogen-bond donors (Lipinski definition) is 2. The number of hydrogen-bond acceptors (Lipinski definition) is 4. The van der Waals surface area contributed by atoms with Crippen molar-refractivity contribution in [2.75, 3.05) is 7.11 Å². The molecule has 138 valence electrons. The fraction of sp³-hybridized carbons (Fsp3) is 0.222. The Morgan fingerprint density at radius 2 is 1.62 bits per heavy atom. The largest absolute Gasteiger partial charge is 0.496 e. The highest BCUT2D eigenvalue weighted by molar-refractivity contribution is 9.10. The lowest BCUT2D eigenvalue weighted by Gasteiger charge is -2.15. The summed E-state index contributed by atoms with van der Waals surface area (Å²) in [4.78, 5) is 24.7. The molecule has 0 atom stereocenters. The molecule has 0 spiro atoms. The molecule has 2 aromatic rings. The molecule has 0 aliphatic rings. The first-order valence-electron chi connectivity index (χ1n) is 7.72. The number of halogens is 2. The minimum Gasteiger partial charge on any atom is -0.496 e. The topological polar surface area (TPSA) is 76.7 Å². The summed E-state index contributed by atoms with van der Waals surface area (Å²) in [6, 6.07) is 9.96. The van der Waals surface area contributed by atoms with Crippen LogP contribution in [0.1, 0.15) is 34.6 Å². The monoisotopic (exact) mass is 484 g/mol. The van der Waals surface area contributed by atoms with Crippen LogP contribution >= 0.6 is 31.9 Å². The lowest BCUT2D eigenvalue weighted by molar-refractivity contribution is 0.0843. The van der Waals surface area contributed by atoms with Crippen molar-refractivity contribution in [3.05, 3.63) is 56.5 Å². The third-order valence-corrected chi connectivity index (χ3v) is 4.37. The fourth-order valence-corrected chi connectivity index (χ4v) is 3.00. The maximum Gasteiger partial charge on any atom is 0.273 e. The molecule has 0 fully saturated rings. The van der Waals surface area contributed by atoms with Crippen LogP contribution in [0.5, 0.6) is 11.5 Å². The van der Waals surface area contributed by atoms with Crippen LogP contribution in [-0.4, -0.2) is 25.0 Å². The van der Waals surface area contributed by atoms with Crippen LogP contribution in [0.2, 0.25) is 0 Å². The molecular formula is C18H18Br2N2O4. The van der Waals surface area contributed by atoms with Crippen LogP contribution in [-0.2, 0) is 0 Å². The van der Waals surface area contributed by atoms with Gasteiger partial charge in [-0.3, -0.25) is 20.4 Å². The number of carbonyl (C=O) groups is 2. The molecule has 0 aliphatic carbocycles. The van der Waals surface area contributed by atoms with E-state index in [4.69, 9.17) is 9.47 Å². The highest BCUT2D eigenvalue weighted by atomic mass is 79.9. The summed E-state index contributed by atoms with van der Waals surface area (Å²) < 4.78 is 12.1. The molecule has 0 bridgehead atoms. The van der Waals surface area contributed by atoms with Gasteiger partial charge in [-0.1, -0.05) is 15.9 Å². The van der Waals surface area contributed by atoms with Gasteiger partial charge in [0.25, 0.3) is 11.8 Å². The normalized spacial score (nSPS) is 10.4. The molecule has 0 aliphatic heterocycles. The molecule has 2 amide bonds. The van der Waals surface area contributed by atoms with Gasteiger partial charge < -0.3 is 9.47 Å². The van der Waals surface area contributed by atoms with Crippen molar-refractivity contribution in [3.8, 4) is 11.5 Å². The van der Waals surface area contributed by atoms with E-state index >= 15 is 0 Å². The highest BCUT2D eigenvalue weighted by Crippen LogP contribution is 2.26. The zero-order valence-electron chi connectivity index (χ0n) is 14.4. The zero-order chi connectivity index (χ0) is 19.3. The average Bonchev–Trinajstić information content (AvgIpc) is 2.60. The molecule has 6 nitrogen and oxygen atoms in total. The lowest BCUT2D eigenvalue weighted by Crippen LogP contribution is -2.41. The molecule has 0 aromatic heterocycles. The van der Waals surface area contributed by atoms with E-state index in [1.807, 2.05) is 13.8 Å². The van der Waals surface area contributed by atoms with Crippen LogP contribution < -0.4 is 20.3 Å². The average molecular weight is 486 g/mol. The summed E-state index contributed by atoms with van der Waals surface area (Å²) in [7, 11) is 1.54. The van der Waals surface area contributed by atoms with Crippen molar-refractivity contribution in [1.29, 1.82) is 0 Å². The van der Waals surface area contributed by atoms with Crippen molar-refractivity contribution in [3.63, 3.8) is 0 Å². The van der Waals surface area contributed by atoms with Gasteiger partial charge in [0.1, 0.15) is 11.5 Å². The van der Waals surface area contributed by atoms with Crippen molar-refractivity contribution in [1.82, 2.24) is 10.9 Å². The number of amides is 2. The van der Waals surface area contributed by atoms with Crippen molar-refractivity contribution in [2.24, 2.45) is 0 Å². The van der Waals surface area contributed by atoms with Gasteiger partial charge in [-0.15, -0.1) is 0 Å². The van der Waals surface area contributed by atoms with Gasteiger partial charge in [-0.25, -0.2) is 0 Å². The zero-order valence-corrected chi connectivity index (χ0v) is 17.6. The molecular weight excluding hydrogens is 468 g/mol. The SMILES string of the molecule is COc1ccc(C(=O)NNC(=O)c2cc(Br)ccc2OC(C)C)cc1Br. The van der Waals surface area contributed by atoms with Crippen molar-refractivity contribution in [2.45, 2.75) is 20.0 Å². The van der Waals surface area contributed by atoms with Gasteiger partial charge in [-0.2, -0.15) is 0 Å². The number of methoxy groups -OCH3 is 1. The fourth-order valence-electron chi connectivity index (χ4n) is 2.10. The number of benzene rings is 2. The molecule has 26 heavy (non-hydrogen) atoms. The van der Waals surface area contributed by atoms with E-state index in [0.717, 1.165) is 4.47 Å². The number of carbonyl (C=O) groups excluding carboxylic acids is 2. The van der Waals surface area contributed by atoms with Crippen molar-refractivity contribution < 1.29 is 19.1 Å². The molecule has 0 saturated heterocycles. The van der Waals surface area contributed by atoms with E-state index in [1.54, 1.807) is 36.4 Å². The Kier molecular flexibility index (Phi) is 7.05. The second-order valence-corrected chi connectivity index (χ2v) is 7.33. The smallest absolute Gasteiger partial charge is 0.273 e. The van der Waals surface area contributed by atoms with Crippen LogP contribution in [0.4, 0.5) is 0 Å². The van der Waals surface area contributed by atoms with Gasteiger partial charge in [0.2, 0.25) is 0 Å². The molecule has 0 unspecified atom stereocenters. The minimum atomic E-state index is -0.483. The van der Waals surface area contributed by atoms with E-state index in [0.29, 0.717) is 27.1 Å². The van der Waals surface area contributed by atoms with E-state index in [-0.39, 0.29) is 6.10 Å². The maximum absolute atomic E-state index is 12.4. The summed E-state index contributed by atoms with van der Waals surface area (Å²) in [5.41, 5.74) is 5.47. The molecule has 2 rings (SSSR count). The van der Waals surface area contributed by atoms with Gasteiger partial charge in [0.15, 0.2) is 0 Å². The predicted molar refractivity (Wildman–Crippen MR) is 106 cm³/mol. The van der Waals surface area contributed by atoms with E-state index < -0.39 is 11.8 Å². The van der Waals surface area contributed by atoms with Gasteiger partial charge in [0, 0.05) is 10.0 Å². The molecule has 0 radical (unpaired) electrons. The molecule has 2 N–H and O–H groups in total. The predicted octanol–water partition coefficient (Wildman–Crippen LogP) is 4.08. The van der Waals surface area contributed by atoms with Gasteiger partial charge >= 0.3 is 0 Å². The first kappa shape index (κ1) is 20.3. The summed E-state index contributed by atoms with van der Waals surface area (Å²) in [6.07, 6.45) is -0.0889. The van der Waals surface area contributed by atoms with Gasteiger partial charge in [0.05, 0.1) is 23.2 Å². The second kappa shape index (κ2) is 9.05. The quantitative estimate of drug-likeness (QED) is 0.625. The van der Waals surface area contributed by atoms with E-state index in [1.165, 1.54) is 7.11 Å². The Labute approximate surface area is 168 Å². The first-order chi connectivity index (χ1) is 12.3. The van der Waals surface area contributed by atoms with Crippen LogP contribution in [0, 0.1) is 0 Å². The third kappa shape index (κ3) is 5.22. The Morgan fingerprint density at radius 1 is 0.962 bits per heavy atom. The molecule has 2 aromatic carbocycles. The summed E-state index contributed by atoms with van der Waals surface area (Å²) >= 11 is 6.65. The minimum absolute atomic E-state index is 0.0889. The van der Waals surface area contributed by atoms with Crippen LogP contribution in [0.15, 0.2) is 45.3 Å². The highest BCUT2D eigenvalue weighted by Gasteiger charge is 2.16. The molecule has 0 saturated carbocycles. The van der Waals surface area contributed by atoms with Crippen LogP contribution in [0.25, 0.3) is 0 Å². The van der Waals surface area contributed by atoms with Crippen LogP contribution in [0.3, 0.4) is 0 Å². The number of nitrogens with one attached hydrogen (secondary N) is 2. The number of rotatable bonds is 5. The first-order valence-corrected chi connectivity index (χ1v) is 9.31. The summed E-state index contributed by atoms with van der Waals surface area (Å²) in [6.45, 7) is 3.74. The standard InChI is InChI=1S/C18H18Br2N2O4/c1-10(2)26-15-7-5-12(19)9-13(15)18(24)22-21-17(23)11-4-6-16(25-3)14(20)8-11/h4-10H,1-3H3,(H,21,23)(H,22,24). The Hall–Kier alpha value is -2.06. The molecule has 0 heterocycles. The number of ether oxygens (including phenoxy) is 2. The van der Waals surface area contributed by atoms with Gasteiger partial charge in [-0.05, 0) is 66.2 Å². The second-order valence-electron chi connectivity index (χ2n) is 5.56. The van der Waals surface area contributed by atoms with E-state index in [2.05, 4.69) is 42.7 Å². The molecule has 8 heteroatoms. The van der Waals surface area contributed by atoms with E-state index in [9.17, 15) is 9.59 Å².